The zero-order valence-corrected chi connectivity index (χ0v) is 11.4. The summed E-state index contributed by atoms with van der Waals surface area (Å²) in [4.78, 5) is 3.79. The number of rotatable bonds is 4. The van der Waals surface area contributed by atoms with Crippen LogP contribution in [0.3, 0.4) is 0 Å². The van der Waals surface area contributed by atoms with E-state index in [1.54, 1.807) is 6.92 Å². The summed E-state index contributed by atoms with van der Waals surface area (Å²) in [5.74, 6) is -0.394. The molecule has 1 aromatic carbocycles. The van der Waals surface area contributed by atoms with E-state index in [0.717, 1.165) is 0 Å². The van der Waals surface area contributed by atoms with Gasteiger partial charge in [0.05, 0.1) is 5.25 Å². The molecule has 5 nitrogen and oxygen atoms in total. The van der Waals surface area contributed by atoms with Gasteiger partial charge in [0.15, 0.2) is 0 Å². The summed E-state index contributed by atoms with van der Waals surface area (Å²) >= 11 is 0. The highest BCUT2D eigenvalue weighted by atomic mass is 32.2. The van der Waals surface area contributed by atoms with Crippen LogP contribution in [0.4, 0.5) is 4.39 Å². The van der Waals surface area contributed by atoms with Crippen LogP contribution in [0.5, 0.6) is 0 Å². The summed E-state index contributed by atoms with van der Waals surface area (Å²) in [6, 6.07) is 5.48. The average Bonchev–Trinajstić information content (AvgIpc) is 2.79. The molecule has 19 heavy (non-hydrogen) atoms. The zero-order valence-electron chi connectivity index (χ0n) is 10.6. The largest absolute Gasteiger partial charge is 0.245 e. The first-order chi connectivity index (χ1) is 8.96. The molecule has 0 aliphatic heterocycles. The van der Waals surface area contributed by atoms with Gasteiger partial charge < -0.3 is 0 Å². The lowest BCUT2D eigenvalue weighted by molar-refractivity contribution is 0.553. The fourth-order valence-electron chi connectivity index (χ4n) is 1.98. The third-order valence-electron chi connectivity index (χ3n) is 2.91. The number of aryl methyl sites for hydroxylation is 1. The van der Waals surface area contributed by atoms with Gasteiger partial charge in [0.1, 0.15) is 12.1 Å². The molecule has 0 radical (unpaired) electrons. The Balaban J connectivity index is 2.48. The number of hydrogen-bond donors (Lipinski definition) is 0. The maximum Gasteiger partial charge on any atom is 0.245 e. The molecule has 1 atom stereocenters. The van der Waals surface area contributed by atoms with E-state index in [2.05, 4.69) is 10.1 Å². The fraction of sp³-hybridized carbons (Fsp3) is 0.333. The standard InChI is InChI=1S/C12H14FN3O2S/c1-3-11(9-4-6-10(13)7-5-9)19(17,18)12-14-8-15-16(12)2/h4-8,11H,3H2,1-2H3/t11-/m0/s1. The predicted octanol–water partition coefficient (Wildman–Crippen LogP) is 1.88. The maximum atomic E-state index is 12.9. The van der Waals surface area contributed by atoms with Gasteiger partial charge in [-0.25, -0.2) is 22.5 Å². The molecule has 0 N–H and O–H groups in total. The topological polar surface area (TPSA) is 64.8 Å². The second-order valence-electron chi connectivity index (χ2n) is 4.16. The molecule has 0 amide bonds. The maximum absolute atomic E-state index is 12.9. The van der Waals surface area contributed by atoms with Crippen molar-refractivity contribution in [3.8, 4) is 0 Å². The predicted molar refractivity (Wildman–Crippen MR) is 67.6 cm³/mol. The van der Waals surface area contributed by atoms with Crippen LogP contribution in [-0.2, 0) is 16.9 Å². The van der Waals surface area contributed by atoms with Crippen molar-refractivity contribution in [2.24, 2.45) is 7.05 Å². The SMILES string of the molecule is CC[C@@H](c1ccc(F)cc1)S(=O)(=O)c1ncnn1C. The van der Waals surface area contributed by atoms with Crippen LogP contribution in [-0.4, -0.2) is 23.2 Å². The van der Waals surface area contributed by atoms with Gasteiger partial charge in [0, 0.05) is 7.05 Å². The third kappa shape index (κ3) is 2.51. The molecule has 1 heterocycles. The molecule has 0 unspecified atom stereocenters. The van der Waals surface area contributed by atoms with Crippen molar-refractivity contribution < 1.29 is 12.8 Å². The Morgan fingerprint density at radius 3 is 2.42 bits per heavy atom. The molecule has 1 aromatic heterocycles. The smallest absolute Gasteiger partial charge is 0.240 e. The molecule has 2 aromatic rings. The number of benzene rings is 1. The summed E-state index contributed by atoms with van der Waals surface area (Å²) < 4.78 is 39.2. The molecule has 7 heteroatoms. The normalized spacial score (nSPS) is 13.4. The van der Waals surface area contributed by atoms with E-state index in [9.17, 15) is 12.8 Å². The molecule has 0 aliphatic carbocycles. The van der Waals surface area contributed by atoms with Gasteiger partial charge in [-0.1, -0.05) is 19.1 Å². The van der Waals surface area contributed by atoms with Crippen molar-refractivity contribution in [3.63, 3.8) is 0 Å². The molecular formula is C12H14FN3O2S. The van der Waals surface area contributed by atoms with E-state index >= 15 is 0 Å². The van der Waals surface area contributed by atoms with Crippen molar-refractivity contribution in [1.29, 1.82) is 0 Å². The highest BCUT2D eigenvalue weighted by Crippen LogP contribution is 2.30. The Hall–Kier alpha value is -1.76. The monoisotopic (exact) mass is 283 g/mol. The molecular weight excluding hydrogens is 269 g/mol. The number of nitrogens with zero attached hydrogens (tertiary/aromatic N) is 3. The van der Waals surface area contributed by atoms with Crippen molar-refractivity contribution in [2.75, 3.05) is 0 Å². The first-order valence-electron chi connectivity index (χ1n) is 5.80. The molecule has 0 saturated heterocycles. The van der Waals surface area contributed by atoms with Crippen LogP contribution in [0.1, 0.15) is 24.2 Å². The molecule has 0 saturated carbocycles. The van der Waals surface area contributed by atoms with Crippen LogP contribution in [0.25, 0.3) is 0 Å². The van der Waals surface area contributed by atoms with Crippen LogP contribution in [0, 0.1) is 5.82 Å². The molecule has 0 fully saturated rings. The molecule has 102 valence electrons. The lowest BCUT2D eigenvalue weighted by Gasteiger charge is -2.15. The highest BCUT2D eigenvalue weighted by Gasteiger charge is 2.31. The van der Waals surface area contributed by atoms with Crippen LogP contribution in [0.15, 0.2) is 35.7 Å². The second kappa shape index (κ2) is 5.08. The van der Waals surface area contributed by atoms with Crippen molar-refractivity contribution >= 4 is 9.84 Å². The van der Waals surface area contributed by atoms with Gasteiger partial charge in [0.25, 0.3) is 0 Å². The van der Waals surface area contributed by atoms with E-state index in [1.807, 2.05) is 0 Å². The minimum absolute atomic E-state index is 0.0799. The second-order valence-corrected chi connectivity index (χ2v) is 6.18. The van der Waals surface area contributed by atoms with Crippen molar-refractivity contribution in [3.05, 3.63) is 42.0 Å². The minimum atomic E-state index is -3.64. The summed E-state index contributed by atoms with van der Waals surface area (Å²) in [5, 5.41) is 2.94. The Labute approximate surface area is 111 Å². The summed E-state index contributed by atoms with van der Waals surface area (Å²) in [7, 11) is -2.11. The number of hydrogen-bond acceptors (Lipinski definition) is 4. The van der Waals surface area contributed by atoms with Crippen molar-refractivity contribution in [1.82, 2.24) is 14.8 Å². The number of sulfone groups is 1. The molecule has 0 aliphatic rings. The fourth-order valence-corrected chi connectivity index (χ4v) is 3.80. The average molecular weight is 283 g/mol. The van der Waals surface area contributed by atoms with Crippen LogP contribution >= 0.6 is 0 Å². The van der Waals surface area contributed by atoms with Crippen molar-refractivity contribution in [2.45, 2.75) is 23.8 Å². The first-order valence-corrected chi connectivity index (χ1v) is 7.34. The van der Waals surface area contributed by atoms with E-state index in [1.165, 1.54) is 42.3 Å². The summed E-state index contributed by atoms with van der Waals surface area (Å²) in [5.41, 5.74) is 0.548. The lowest BCUT2D eigenvalue weighted by Crippen LogP contribution is -2.17. The Morgan fingerprint density at radius 2 is 1.95 bits per heavy atom. The quantitative estimate of drug-likeness (QED) is 0.859. The van der Waals surface area contributed by atoms with Gasteiger partial charge >= 0.3 is 0 Å². The van der Waals surface area contributed by atoms with Gasteiger partial charge in [0.2, 0.25) is 15.0 Å². The van der Waals surface area contributed by atoms with Gasteiger partial charge in [-0.2, -0.15) is 5.10 Å². The highest BCUT2D eigenvalue weighted by molar-refractivity contribution is 7.91. The summed E-state index contributed by atoms with van der Waals surface area (Å²) in [6.45, 7) is 1.77. The Bertz CT molecular complexity index is 665. The molecule has 0 bridgehead atoms. The Kier molecular flexibility index (Phi) is 3.66. The summed E-state index contributed by atoms with van der Waals surface area (Å²) in [6.07, 6.45) is 1.57. The number of aromatic nitrogens is 3. The van der Waals surface area contributed by atoms with Crippen LogP contribution < -0.4 is 0 Å². The lowest BCUT2D eigenvalue weighted by atomic mass is 10.1. The zero-order chi connectivity index (χ0) is 14.0. The van der Waals surface area contributed by atoms with Gasteiger partial charge in [-0.15, -0.1) is 0 Å². The van der Waals surface area contributed by atoms with E-state index in [0.29, 0.717) is 12.0 Å². The van der Waals surface area contributed by atoms with Crippen LogP contribution in [0.2, 0.25) is 0 Å². The Morgan fingerprint density at radius 1 is 1.32 bits per heavy atom. The number of halogens is 1. The molecule has 2 rings (SSSR count). The third-order valence-corrected chi connectivity index (χ3v) is 5.14. The van der Waals surface area contributed by atoms with E-state index < -0.39 is 20.9 Å². The molecule has 0 spiro atoms. The van der Waals surface area contributed by atoms with Gasteiger partial charge in [-0.3, -0.25) is 0 Å². The van der Waals surface area contributed by atoms with E-state index in [4.69, 9.17) is 0 Å². The first kappa shape index (κ1) is 13.7. The van der Waals surface area contributed by atoms with Gasteiger partial charge in [-0.05, 0) is 24.1 Å². The van der Waals surface area contributed by atoms with E-state index in [-0.39, 0.29) is 5.16 Å². The minimum Gasteiger partial charge on any atom is -0.240 e.